The van der Waals surface area contributed by atoms with Crippen LogP contribution in [0.5, 0.6) is 5.75 Å². The van der Waals surface area contributed by atoms with Crippen LogP contribution in [0.3, 0.4) is 0 Å². The molecule has 23 heavy (non-hydrogen) atoms. The number of nitrogen functional groups attached to an aromatic ring is 1. The molecule has 2 N–H and O–H groups in total. The summed E-state index contributed by atoms with van der Waals surface area (Å²) in [6.45, 7) is 3.06. The van der Waals surface area contributed by atoms with Crippen LogP contribution in [-0.4, -0.2) is 13.2 Å². The Hall–Kier alpha value is -1.78. The maximum atomic E-state index is 14.2. The zero-order chi connectivity index (χ0) is 16.4. The summed E-state index contributed by atoms with van der Waals surface area (Å²) in [7, 11) is 0. The van der Waals surface area contributed by atoms with Gasteiger partial charge in [0.1, 0.15) is 5.60 Å². The highest BCUT2D eigenvalue weighted by atomic mass is 35.5. The quantitative estimate of drug-likeness (QED) is 0.842. The van der Waals surface area contributed by atoms with Gasteiger partial charge in [0.2, 0.25) is 0 Å². The van der Waals surface area contributed by atoms with Gasteiger partial charge < -0.3 is 15.2 Å². The standard InChI is InChI=1S/C18H19ClFNO2/c1-12-2-4-14(15(19)10-12)18(6-8-22-9-7-18)23-17-5-3-13(21)11-16(17)20/h2-5,10-11H,6-9,21H2,1H3. The summed E-state index contributed by atoms with van der Waals surface area (Å²) in [5.74, 6) is -0.295. The zero-order valence-corrected chi connectivity index (χ0v) is 13.7. The van der Waals surface area contributed by atoms with Gasteiger partial charge in [-0.2, -0.15) is 0 Å². The van der Waals surface area contributed by atoms with Gasteiger partial charge in [-0.3, -0.25) is 0 Å². The largest absolute Gasteiger partial charge is 0.479 e. The lowest BCUT2D eigenvalue weighted by Gasteiger charge is -2.38. The lowest BCUT2D eigenvalue weighted by Crippen LogP contribution is -2.39. The Kier molecular flexibility index (Phi) is 4.46. The molecule has 122 valence electrons. The van der Waals surface area contributed by atoms with Crippen LogP contribution in [0.1, 0.15) is 24.0 Å². The van der Waals surface area contributed by atoms with Crippen molar-refractivity contribution in [2.24, 2.45) is 0 Å². The van der Waals surface area contributed by atoms with E-state index in [1.807, 2.05) is 25.1 Å². The molecule has 2 aromatic carbocycles. The Morgan fingerprint density at radius 1 is 1.17 bits per heavy atom. The number of ether oxygens (including phenoxy) is 2. The molecule has 0 spiro atoms. The van der Waals surface area contributed by atoms with Crippen molar-refractivity contribution >= 4 is 17.3 Å². The van der Waals surface area contributed by atoms with Crippen molar-refractivity contribution < 1.29 is 13.9 Å². The molecule has 3 rings (SSSR count). The van der Waals surface area contributed by atoms with E-state index in [-0.39, 0.29) is 5.75 Å². The SMILES string of the molecule is Cc1ccc(C2(Oc3ccc(N)cc3F)CCOCC2)c(Cl)c1. The number of rotatable bonds is 3. The summed E-state index contributed by atoms with van der Waals surface area (Å²) in [6, 6.07) is 10.3. The Balaban J connectivity index is 2.02. The lowest BCUT2D eigenvalue weighted by atomic mass is 9.85. The molecule has 2 aromatic rings. The van der Waals surface area contributed by atoms with Gasteiger partial charge in [-0.15, -0.1) is 0 Å². The van der Waals surface area contributed by atoms with Gasteiger partial charge >= 0.3 is 0 Å². The van der Waals surface area contributed by atoms with Crippen LogP contribution >= 0.6 is 11.6 Å². The first-order valence-corrected chi connectivity index (χ1v) is 7.96. The normalized spacial score (nSPS) is 17.0. The molecular weight excluding hydrogens is 317 g/mol. The van der Waals surface area contributed by atoms with Crippen LogP contribution in [0.2, 0.25) is 5.02 Å². The van der Waals surface area contributed by atoms with Crippen LogP contribution in [-0.2, 0) is 10.3 Å². The third-order valence-corrected chi connectivity index (χ3v) is 4.49. The van der Waals surface area contributed by atoms with Crippen LogP contribution < -0.4 is 10.5 Å². The maximum absolute atomic E-state index is 14.2. The van der Waals surface area contributed by atoms with E-state index < -0.39 is 11.4 Å². The summed E-state index contributed by atoms with van der Waals surface area (Å²) >= 11 is 6.45. The third-order valence-electron chi connectivity index (χ3n) is 4.18. The molecule has 1 aliphatic rings. The number of aryl methyl sites for hydroxylation is 1. The van der Waals surface area contributed by atoms with Gasteiger partial charge in [-0.25, -0.2) is 4.39 Å². The molecule has 0 unspecified atom stereocenters. The van der Waals surface area contributed by atoms with E-state index in [0.717, 1.165) is 11.1 Å². The predicted molar refractivity (Wildman–Crippen MR) is 89.4 cm³/mol. The smallest absolute Gasteiger partial charge is 0.167 e. The summed E-state index contributed by atoms with van der Waals surface area (Å²) in [4.78, 5) is 0. The molecule has 5 heteroatoms. The minimum atomic E-state index is -0.694. The topological polar surface area (TPSA) is 44.5 Å². The van der Waals surface area contributed by atoms with Crippen LogP contribution in [0.15, 0.2) is 36.4 Å². The number of nitrogens with two attached hydrogens (primary N) is 1. The van der Waals surface area contributed by atoms with Crippen LogP contribution in [0, 0.1) is 12.7 Å². The average Bonchev–Trinajstić information content (AvgIpc) is 2.51. The number of hydrogen-bond acceptors (Lipinski definition) is 3. The molecule has 0 radical (unpaired) electrons. The predicted octanol–water partition coefficient (Wildman–Crippen LogP) is 4.45. The van der Waals surface area contributed by atoms with E-state index in [9.17, 15) is 4.39 Å². The fourth-order valence-corrected chi connectivity index (χ4v) is 3.33. The van der Waals surface area contributed by atoms with Gasteiger partial charge in [0.25, 0.3) is 0 Å². The fraction of sp³-hybridized carbons (Fsp3) is 0.333. The van der Waals surface area contributed by atoms with Crippen molar-refractivity contribution in [3.05, 3.63) is 58.4 Å². The van der Waals surface area contributed by atoms with Crippen molar-refractivity contribution in [1.82, 2.24) is 0 Å². The molecule has 0 aliphatic carbocycles. The number of halogens is 2. The van der Waals surface area contributed by atoms with Crippen molar-refractivity contribution in [1.29, 1.82) is 0 Å². The van der Waals surface area contributed by atoms with E-state index in [1.165, 1.54) is 6.07 Å². The van der Waals surface area contributed by atoms with Gasteiger partial charge in [0.05, 0.1) is 13.2 Å². The van der Waals surface area contributed by atoms with Gasteiger partial charge in [-0.1, -0.05) is 23.7 Å². The first-order valence-electron chi connectivity index (χ1n) is 7.59. The highest BCUT2D eigenvalue weighted by molar-refractivity contribution is 6.31. The zero-order valence-electron chi connectivity index (χ0n) is 12.9. The molecule has 0 bridgehead atoms. The first-order chi connectivity index (χ1) is 11.0. The fourth-order valence-electron chi connectivity index (χ4n) is 2.93. The van der Waals surface area contributed by atoms with Crippen molar-refractivity contribution in [3.8, 4) is 5.75 Å². The second-order valence-electron chi connectivity index (χ2n) is 5.88. The number of hydrogen-bond donors (Lipinski definition) is 1. The third kappa shape index (κ3) is 3.28. The van der Waals surface area contributed by atoms with Crippen molar-refractivity contribution in [3.63, 3.8) is 0 Å². The molecule has 0 saturated carbocycles. The monoisotopic (exact) mass is 335 g/mol. The number of benzene rings is 2. The summed E-state index contributed by atoms with van der Waals surface area (Å²) < 4.78 is 25.8. The van der Waals surface area contributed by atoms with Gasteiger partial charge in [0, 0.05) is 35.2 Å². The maximum Gasteiger partial charge on any atom is 0.167 e. The molecule has 1 aliphatic heterocycles. The summed E-state index contributed by atoms with van der Waals surface area (Å²) in [5, 5.41) is 0.628. The lowest BCUT2D eigenvalue weighted by molar-refractivity contribution is -0.0517. The summed E-state index contributed by atoms with van der Waals surface area (Å²) in [6.07, 6.45) is 1.22. The Labute approximate surface area is 140 Å². The Bertz CT molecular complexity index is 714. The van der Waals surface area contributed by atoms with Crippen molar-refractivity contribution in [2.75, 3.05) is 18.9 Å². The highest BCUT2D eigenvalue weighted by Crippen LogP contribution is 2.41. The number of anilines is 1. The van der Waals surface area contributed by atoms with E-state index in [2.05, 4.69) is 0 Å². The highest BCUT2D eigenvalue weighted by Gasteiger charge is 2.39. The Morgan fingerprint density at radius 2 is 1.91 bits per heavy atom. The second kappa shape index (κ2) is 6.38. The summed E-state index contributed by atoms with van der Waals surface area (Å²) in [5.41, 5.74) is 7.21. The van der Waals surface area contributed by atoms with Crippen LogP contribution in [0.4, 0.5) is 10.1 Å². The molecular formula is C18H19ClFNO2. The first kappa shape index (κ1) is 16.1. The molecule has 1 fully saturated rings. The molecule has 3 nitrogen and oxygen atoms in total. The van der Waals surface area contributed by atoms with Gasteiger partial charge in [0.15, 0.2) is 11.6 Å². The molecule has 0 atom stereocenters. The second-order valence-corrected chi connectivity index (χ2v) is 6.29. The molecule has 0 amide bonds. The van der Waals surface area contributed by atoms with E-state index in [0.29, 0.717) is 36.8 Å². The van der Waals surface area contributed by atoms with Crippen LogP contribution in [0.25, 0.3) is 0 Å². The molecule has 0 aromatic heterocycles. The average molecular weight is 336 g/mol. The van der Waals surface area contributed by atoms with E-state index in [4.69, 9.17) is 26.8 Å². The van der Waals surface area contributed by atoms with Crippen molar-refractivity contribution in [2.45, 2.75) is 25.4 Å². The van der Waals surface area contributed by atoms with E-state index in [1.54, 1.807) is 12.1 Å². The Morgan fingerprint density at radius 3 is 2.57 bits per heavy atom. The minimum Gasteiger partial charge on any atom is -0.479 e. The molecule has 1 heterocycles. The molecule has 1 saturated heterocycles. The van der Waals surface area contributed by atoms with E-state index >= 15 is 0 Å². The minimum absolute atomic E-state index is 0.178. The van der Waals surface area contributed by atoms with Gasteiger partial charge in [-0.05, 0) is 30.7 Å².